The van der Waals surface area contributed by atoms with Gasteiger partial charge in [-0.25, -0.2) is 4.39 Å². The summed E-state index contributed by atoms with van der Waals surface area (Å²) in [7, 11) is -4.13. The molecule has 2 rings (SSSR count). The predicted octanol–water partition coefficient (Wildman–Crippen LogP) is 2.25. The third-order valence-corrected chi connectivity index (χ3v) is 4.22. The molecule has 0 heterocycles. The maximum absolute atomic E-state index is 12.7. The molecule has 0 aliphatic heterocycles. The van der Waals surface area contributed by atoms with E-state index in [1.807, 2.05) is 0 Å². The van der Waals surface area contributed by atoms with Crippen LogP contribution in [0.4, 0.5) is 4.39 Å². The lowest BCUT2D eigenvalue weighted by atomic mass is 10.1. The number of carbonyl (C=O) groups is 1. The first kappa shape index (κ1) is 13.0. The number of rotatable bonds is 3. The molecule has 4 nitrogen and oxygen atoms in total. The molecule has 1 saturated carbocycles. The van der Waals surface area contributed by atoms with Crippen LogP contribution in [0.1, 0.15) is 25.7 Å². The Morgan fingerprint density at radius 1 is 1.17 bits per heavy atom. The molecular formula is C12H13FO4S. The van der Waals surface area contributed by atoms with Gasteiger partial charge in [0, 0.05) is 0 Å². The van der Waals surface area contributed by atoms with Gasteiger partial charge in [-0.1, -0.05) is 12.8 Å². The summed E-state index contributed by atoms with van der Waals surface area (Å²) in [5, 5.41) is 0. The number of hydrogen-bond donors (Lipinski definition) is 0. The smallest absolute Gasteiger partial charge is 0.341 e. The zero-order valence-electron chi connectivity index (χ0n) is 9.63. The van der Waals surface area contributed by atoms with Crippen molar-refractivity contribution in [2.24, 2.45) is 5.92 Å². The number of hydrogen-bond acceptors (Lipinski definition) is 4. The first-order valence-electron chi connectivity index (χ1n) is 5.73. The minimum Gasteiger partial charge on any atom is -0.342 e. The van der Waals surface area contributed by atoms with Crippen LogP contribution in [-0.4, -0.2) is 14.4 Å². The Morgan fingerprint density at radius 2 is 1.72 bits per heavy atom. The van der Waals surface area contributed by atoms with Crippen molar-refractivity contribution in [3.63, 3.8) is 0 Å². The summed E-state index contributed by atoms with van der Waals surface area (Å²) in [4.78, 5) is 11.4. The average Bonchev–Trinajstić information content (AvgIpc) is 2.82. The second kappa shape index (κ2) is 5.06. The second-order valence-electron chi connectivity index (χ2n) is 4.29. The van der Waals surface area contributed by atoms with E-state index >= 15 is 0 Å². The van der Waals surface area contributed by atoms with Gasteiger partial charge in [-0.2, -0.15) is 8.42 Å². The van der Waals surface area contributed by atoms with Gasteiger partial charge in [-0.15, -0.1) is 0 Å². The van der Waals surface area contributed by atoms with E-state index < -0.39 is 21.9 Å². The highest BCUT2D eigenvalue weighted by molar-refractivity contribution is 7.87. The normalized spacial score (nSPS) is 16.7. The first-order chi connectivity index (χ1) is 8.49. The third kappa shape index (κ3) is 2.87. The van der Waals surface area contributed by atoms with Crippen molar-refractivity contribution in [3.8, 4) is 0 Å². The van der Waals surface area contributed by atoms with E-state index in [9.17, 15) is 17.6 Å². The largest absolute Gasteiger partial charge is 0.342 e. The zero-order chi connectivity index (χ0) is 13.2. The molecule has 0 bridgehead atoms. The monoisotopic (exact) mass is 272 g/mol. The van der Waals surface area contributed by atoms with Crippen LogP contribution in [0.15, 0.2) is 29.2 Å². The number of halogens is 1. The molecule has 0 atom stereocenters. The maximum Gasteiger partial charge on any atom is 0.341 e. The van der Waals surface area contributed by atoms with Crippen LogP contribution in [0.3, 0.4) is 0 Å². The Labute approximate surface area is 105 Å². The fraction of sp³-hybridized carbons (Fsp3) is 0.417. The van der Waals surface area contributed by atoms with Gasteiger partial charge in [0.15, 0.2) is 0 Å². The van der Waals surface area contributed by atoms with Crippen molar-refractivity contribution in [2.45, 2.75) is 30.6 Å². The lowest BCUT2D eigenvalue weighted by Crippen LogP contribution is -2.19. The summed E-state index contributed by atoms with van der Waals surface area (Å²) in [6.45, 7) is 0. The van der Waals surface area contributed by atoms with E-state index in [-0.39, 0.29) is 10.8 Å². The molecule has 1 aromatic rings. The van der Waals surface area contributed by atoms with Crippen molar-refractivity contribution in [1.29, 1.82) is 0 Å². The highest BCUT2D eigenvalue weighted by atomic mass is 32.2. The summed E-state index contributed by atoms with van der Waals surface area (Å²) < 4.78 is 40.7. The molecule has 0 unspecified atom stereocenters. The summed E-state index contributed by atoms with van der Waals surface area (Å²) >= 11 is 0. The molecule has 0 aromatic heterocycles. The minimum absolute atomic E-state index is 0.213. The predicted molar refractivity (Wildman–Crippen MR) is 61.6 cm³/mol. The second-order valence-corrected chi connectivity index (χ2v) is 5.84. The first-order valence-corrected chi connectivity index (χ1v) is 7.14. The van der Waals surface area contributed by atoms with E-state index in [0.29, 0.717) is 12.8 Å². The zero-order valence-corrected chi connectivity index (χ0v) is 10.5. The van der Waals surface area contributed by atoms with Crippen LogP contribution in [-0.2, 0) is 19.1 Å². The van der Waals surface area contributed by atoms with Gasteiger partial charge >= 0.3 is 16.1 Å². The number of carbonyl (C=O) groups excluding carboxylic acids is 1. The van der Waals surface area contributed by atoms with E-state index in [4.69, 9.17) is 0 Å². The summed E-state index contributed by atoms with van der Waals surface area (Å²) in [6.07, 6.45) is 3.16. The van der Waals surface area contributed by atoms with Crippen LogP contribution in [0, 0.1) is 11.7 Å². The summed E-state index contributed by atoms with van der Waals surface area (Å²) in [5.41, 5.74) is 0. The van der Waals surface area contributed by atoms with Gasteiger partial charge in [0.05, 0.1) is 5.92 Å². The molecule has 0 radical (unpaired) electrons. The third-order valence-electron chi connectivity index (χ3n) is 2.98. The fourth-order valence-corrected chi connectivity index (χ4v) is 2.91. The lowest BCUT2D eigenvalue weighted by Gasteiger charge is -2.09. The highest BCUT2D eigenvalue weighted by Crippen LogP contribution is 2.27. The van der Waals surface area contributed by atoms with Crippen LogP contribution in [0.2, 0.25) is 0 Å². The minimum atomic E-state index is -4.13. The maximum atomic E-state index is 12.7. The Kier molecular flexibility index (Phi) is 3.65. The van der Waals surface area contributed by atoms with E-state index in [0.717, 1.165) is 37.1 Å². The summed E-state index contributed by atoms with van der Waals surface area (Å²) in [6, 6.07) is 4.17. The molecule has 98 valence electrons. The topological polar surface area (TPSA) is 60.4 Å². The van der Waals surface area contributed by atoms with Crippen molar-refractivity contribution in [1.82, 2.24) is 0 Å². The van der Waals surface area contributed by atoms with Gasteiger partial charge in [-0.05, 0) is 37.1 Å². The van der Waals surface area contributed by atoms with Gasteiger partial charge in [-0.3, -0.25) is 4.79 Å². The molecule has 6 heteroatoms. The van der Waals surface area contributed by atoms with Crippen molar-refractivity contribution in [3.05, 3.63) is 30.1 Å². The molecule has 1 aromatic carbocycles. The van der Waals surface area contributed by atoms with E-state index in [2.05, 4.69) is 4.18 Å². The SMILES string of the molecule is O=C(OS(=O)(=O)c1ccc(F)cc1)C1CCCC1. The van der Waals surface area contributed by atoms with Crippen molar-refractivity contribution in [2.75, 3.05) is 0 Å². The Balaban J connectivity index is 2.11. The number of benzene rings is 1. The van der Waals surface area contributed by atoms with Crippen molar-refractivity contribution < 1.29 is 21.8 Å². The Hall–Kier alpha value is -1.43. The molecule has 1 aliphatic rings. The van der Waals surface area contributed by atoms with Gasteiger partial charge in [0.2, 0.25) is 0 Å². The average molecular weight is 272 g/mol. The molecule has 0 amide bonds. The molecule has 1 fully saturated rings. The Bertz CT molecular complexity index is 530. The Morgan fingerprint density at radius 3 is 2.28 bits per heavy atom. The lowest BCUT2D eigenvalue weighted by molar-refractivity contribution is -0.138. The van der Waals surface area contributed by atoms with E-state index in [1.165, 1.54) is 0 Å². The van der Waals surface area contributed by atoms with Crippen LogP contribution < -0.4 is 0 Å². The van der Waals surface area contributed by atoms with Crippen LogP contribution in [0.25, 0.3) is 0 Å². The molecule has 18 heavy (non-hydrogen) atoms. The van der Waals surface area contributed by atoms with Crippen molar-refractivity contribution >= 4 is 16.1 Å². The quantitative estimate of drug-likeness (QED) is 0.792. The molecular weight excluding hydrogens is 259 g/mol. The van der Waals surface area contributed by atoms with E-state index in [1.54, 1.807) is 0 Å². The standard InChI is InChI=1S/C12H13FO4S/c13-10-5-7-11(8-6-10)18(15,16)17-12(14)9-3-1-2-4-9/h5-9H,1-4H2. The van der Waals surface area contributed by atoms with Gasteiger partial charge in [0.25, 0.3) is 0 Å². The van der Waals surface area contributed by atoms with Crippen LogP contribution >= 0.6 is 0 Å². The van der Waals surface area contributed by atoms with Gasteiger partial charge in [0.1, 0.15) is 10.7 Å². The fourth-order valence-electron chi connectivity index (χ4n) is 1.99. The molecule has 0 N–H and O–H groups in total. The molecule has 0 saturated heterocycles. The van der Waals surface area contributed by atoms with Crippen LogP contribution in [0.5, 0.6) is 0 Å². The van der Waals surface area contributed by atoms with Gasteiger partial charge < -0.3 is 4.18 Å². The molecule has 0 spiro atoms. The molecule has 1 aliphatic carbocycles. The highest BCUT2D eigenvalue weighted by Gasteiger charge is 2.29. The summed E-state index contributed by atoms with van der Waals surface area (Å²) in [5.74, 6) is -1.59.